The third kappa shape index (κ3) is 10.1. The van der Waals surface area contributed by atoms with E-state index in [0.29, 0.717) is 17.5 Å². The summed E-state index contributed by atoms with van der Waals surface area (Å²) in [5.41, 5.74) is 0.0305. The van der Waals surface area contributed by atoms with Gasteiger partial charge in [-0.1, -0.05) is 26.0 Å². The number of halogens is 1. The Morgan fingerprint density at radius 3 is 2.33 bits per heavy atom. The highest BCUT2D eigenvalue weighted by atomic mass is 19.1. The number of Topliss-reactive ketones (excluding diaryl/α,β-unsaturated/α-hetero) is 1. The zero-order valence-electron chi connectivity index (χ0n) is 29.2. The summed E-state index contributed by atoms with van der Waals surface area (Å²) < 4.78 is 28.4. The highest BCUT2D eigenvalue weighted by Crippen LogP contribution is 2.26. The highest BCUT2D eigenvalue weighted by molar-refractivity contribution is 5.90. The number of imidazole rings is 1. The number of ether oxygens (including phenoxy) is 2. The van der Waals surface area contributed by atoms with Gasteiger partial charge in [-0.2, -0.15) is 0 Å². The number of benzene rings is 1. The van der Waals surface area contributed by atoms with Gasteiger partial charge in [0.15, 0.2) is 11.9 Å². The van der Waals surface area contributed by atoms with Crippen LogP contribution in [0.2, 0.25) is 0 Å². The minimum Gasteiger partial charge on any atom is -0.443 e. The maximum Gasteiger partial charge on any atom is 0.420 e. The van der Waals surface area contributed by atoms with Crippen molar-refractivity contribution in [3.8, 4) is 0 Å². The van der Waals surface area contributed by atoms with Gasteiger partial charge in [0.1, 0.15) is 17.2 Å². The Bertz CT molecular complexity index is 1750. The van der Waals surface area contributed by atoms with Crippen LogP contribution in [0.15, 0.2) is 47.4 Å². The molecule has 3 aromatic rings. The minimum absolute atomic E-state index is 0.103. The van der Waals surface area contributed by atoms with Crippen LogP contribution < -0.4 is 5.56 Å². The maximum atomic E-state index is 14.8. The number of ketones is 1. The standard InChI is InChI=1S/C35H46FN5O7/c1-22(2)17-24-18-25(36)20-26-31(24)37-29(41(26)34(46)48-35(3,4)5)21-40-16-12-13-23(32(40)44)19-27(42)28(47-33(45)39(8)9)14-10-11-15-30(43)38(6)7/h11-13,15-16,18,20,22,28H,10,14,17,19,21H2,1-9H3/b15-11+/t28-/m0/s1. The van der Waals surface area contributed by atoms with E-state index in [1.54, 1.807) is 47.0 Å². The van der Waals surface area contributed by atoms with Crippen LogP contribution in [0.5, 0.6) is 0 Å². The van der Waals surface area contributed by atoms with Crippen molar-refractivity contribution < 1.29 is 33.0 Å². The lowest BCUT2D eigenvalue weighted by Gasteiger charge is -2.21. The molecule has 1 aromatic carbocycles. The van der Waals surface area contributed by atoms with Gasteiger partial charge in [-0.25, -0.2) is 23.5 Å². The predicted octanol–water partition coefficient (Wildman–Crippen LogP) is 4.97. The molecular weight excluding hydrogens is 621 g/mol. The number of amides is 2. The maximum absolute atomic E-state index is 14.8. The molecule has 0 aliphatic carbocycles. The fourth-order valence-electron chi connectivity index (χ4n) is 4.86. The van der Waals surface area contributed by atoms with E-state index in [0.717, 1.165) is 0 Å². The lowest BCUT2D eigenvalue weighted by molar-refractivity contribution is -0.127. The van der Waals surface area contributed by atoms with Crippen LogP contribution in [0.25, 0.3) is 11.0 Å². The second kappa shape index (κ2) is 15.9. The number of fused-ring (bicyclic) bond motifs is 1. The molecule has 12 nitrogen and oxygen atoms in total. The fraction of sp³-hybridized carbons (Fsp3) is 0.486. The second-order valence-corrected chi connectivity index (χ2v) is 13.5. The molecule has 260 valence electrons. The molecule has 0 radical (unpaired) electrons. The van der Waals surface area contributed by atoms with Gasteiger partial charge in [-0.15, -0.1) is 0 Å². The van der Waals surface area contributed by atoms with Crippen molar-refractivity contribution in [3.05, 3.63) is 75.7 Å². The normalized spacial score (nSPS) is 12.4. The Balaban J connectivity index is 1.98. The lowest BCUT2D eigenvalue weighted by Crippen LogP contribution is -2.35. The quantitative estimate of drug-likeness (QED) is 0.247. The molecule has 0 saturated heterocycles. The van der Waals surface area contributed by atoms with Crippen molar-refractivity contribution in [3.63, 3.8) is 0 Å². The van der Waals surface area contributed by atoms with Crippen molar-refractivity contribution in [2.45, 2.75) is 78.6 Å². The van der Waals surface area contributed by atoms with Gasteiger partial charge in [-0.3, -0.25) is 14.4 Å². The van der Waals surface area contributed by atoms with Crippen molar-refractivity contribution in [2.24, 2.45) is 5.92 Å². The molecule has 0 fully saturated rings. The van der Waals surface area contributed by atoms with E-state index in [4.69, 9.17) is 14.5 Å². The summed E-state index contributed by atoms with van der Waals surface area (Å²) in [4.78, 5) is 72.1. The lowest BCUT2D eigenvalue weighted by atomic mass is 10.0. The molecule has 48 heavy (non-hydrogen) atoms. The number of carbonyl (C=O) groups is 4. The van der Waals surface area contributed by atoms with Crippen LogP contribution in [0.1, 0.15) is 64.4 Å². The van der Waals surface area contributed by atoms with Crippen LogP contribution in [0.4, 0.5) is 14.0 Å². The zero-order chi connectivity index (χ0) is 35.9. The largest absolute Gasteiger partial charge is 0.443 e. The van der Waals surface area contributed by atoms with Gasteiger partial charge in [0, 0.05) is 52.4 Å². The molecule has 3 rings (SSSR count). The number of allylic oxidation sites excluding steroid dienone is 1. The topological polar surface area (TPSA) is 133 Å². The summed E-state index contributed by atoms with van der Waals surface area (Å²) in [5.74, 6) is -0.926. The monoisotopic (exact) mass is 667 g/mol. The predicted molar refractivity (Wildman–Crippen MR) is 179 cm³/mol. The van der Waals surface area contributed by atoms with Gasteiger partial charge in [0.05, 0.1) is 17.6 Å². The number of rotatable bonds is 12. The van der Waals surface area contributed by atoms with E-state index < -0.39 is 41.1 Å². The molecule has 0 spiro atoms. The van der Waals surface area contributed by atoms with Gasteiger partial charge in [-0.05, 0) is 69.7 Å². The van der Waals surface area contributed by atoms with E-state index in [-0.39, 0.29) is 54.5 Å². The third-order valence-corrected chi connectivity index (χ3v) is 7.12. The van der Waals surface area contributed by atoms with Gasteiger partial charge in [0.25, 0.3) is 5.56 Å². The molecule has 0 aliphatic rings. The van der Waals surface area contributed by atoms with Crippen LogP contribution >= 0.6 is 0 Å². The van der Waals surface area contributed by atoms with E-state index in [9.17, 15) is 28.4 Å². The molecule has 0 bridgehead atoms. The zero-order valence-corrected chi connectivity index (χ0v) is 29.2. The summed E-state index contributed by atoms with van der Waals surface area (Å²) >= 11 is 0. The number of likely N-dealkylation sites (N-methyl/N-ethyl adjacent to an activating group) is 1. The molecule has 2 aromatic heterocycles. The number of aromatic nitrogens is 3. The van der Waals surface area contributed by atoms with Crippen molar-refractivity contribution in [1.82, 2.24) is 23.9 Å². The number of nitrogens with zero attached hydrogens (tertiary/aromatic N) is 5. The molecule has 13 heteroatoms. The number of pyridine rings is 1. The van der Waals surface area contributed by atoms with Crippen LogP contribution in [-0.4, -0.2) is 87.7 Å². The van der Waals surface area contributed by atoms with Crippen molar-refractivity contribution >= 4 is 34.9 Å². The van der Waals surface area contributed by atoms with E-state index in [1.165, 1.54) is 63.5 Å². The molecule has 2 amide bonds. The summed E-state index contributed by atoms with van der Waals surface area (Å²) in [6, 6.07) is 5.71. The fourth-order valence-corrected chi connectivity index (χ4v) is 4.86. The first kappa shape index (κ1) is 37.6. The molecular formula is C35H46FN5O7. The first-order valence-corrected chi connectivity index (χ1v) is 15.8. The summed E-state index contributed by atoms with van der Waals surface area (Å²) in [7, 11) is 6.20. The summed E-state index contributed by atoms with van der Waals surface area (Å²) in [6.45, 7) is 8.93. The minimum atomic E-state index is -1.17. The van der Waals surface area contributed by atoms with Crippen LogP contribution in [0.3, 0.4) is 0 Å². The van der Waals surface area contributed by atoms with E-state index in [2.05, 4.69) is 0 Å². The van der Waals surface area contributed by atoms with Crippen molar-refractivity contribution in [1.29, 1.82) is 0 Å². The Labute approximate surface area is 280 Å². The average molecular weight is 668 g/mol. The molecule has 0 saturated carbocycles. The molecule has 2 heterocycles. The van der Waals surface area contributed by atoms with Crippen LogP contribution in [0, 0.1) is 11.7 Å². The summed E-state index contributed by atoms with van der Waals surface area (Å²) in [6.07, 6.45) is 2.36. The van der Waals surface area contributed by atoms with E-state index >= 15 is 0 Å². The molecule has 0 aliphatic heterocycles. The average Bonchev–Trinajstić information content (AvgIpc) is 3.33. The van der Waals surface area contributed by atoms with Crippen LogP contribution in [-0.2, 0) is 38.4 Å². The SMILES string of the molecule is CC(C)Cc1cc(F)cc2c1nc(Cn1cccc(CC(=O)[C@H](CC/C=C/C(=O)N(C)C)OC(=O)N(C)C)c1=O)n2C(=O)OC(C)(C)C. The molecule has 0 unspecified atom stereocenters. The number of carbonyl (C=O) groups excluding carboxylic acids is 4. The number of hydrogen-bond donors (Lipinski definition) is 0. The molecule has 0 N–H and O–H groups in total. The Morgan fingerprint density at radius 1 is 1.04 bits per heavy atom. The Kier molecular flexibility index (Phi) is 12.4. The highest BCUT2D eigenvalue weighted by Gasteiger charge is 2.27. The first-order valence-electron chi connectivity index (χ1n) is 15.8. The third-order valence-electron chi connectivity index (χ3n) is 7.12. The molecule has 1 atom stereocenters. The Hall–Kier alpha value is -4.81. The first-order chi connectivity index (χ1) is 22.4. The van der Waals surface area contributed by atoms with Crippen molar-refractivity contribution in [2.75, 3.05) is 28.2 Å². The number of hydrogen-bond acceptors (Lipinski definition) is 8. The smallest absolute Gasteiger partial charge is 0.420 e. The van der Waals surface area contributed by atoms with E-state index in [1.807, 2.05) is 13.8 Å². The van der Waals surface area contributed by atoms with Gasteiger partial charge >= 0.3 is 12.2 Å². The summed E-state index contributed by atoms with van der Waals surface area (Å²) in [5, 5.41) is 0. The second-order valence-electron chi connectivity index (χ2n) is 13.5. The van der Waals surface area contributed by atoms with Gasteiger partial charge in [0.2, 0.25) is 5.91 Å². The van der Waals surface area contributed by atoms with Gasteiger partial charge < -0.3 is 23.8 Å². The Morgan fingerprint density at radius 2 is 1.73 bits per heavy atom.